The Morgan fingerprint density at radius 3 is 2.88 bits per heavy atom. The first kappa shape index (κ1) is 11.0. The van der Waals surface area contributed by atoms with E-state index in [2.05, 4.69) is 10.1 Å². The molecule has 1 saturated carbocycles. The van der Waals surface area contributed by atoms with Gasteiger partial charge in [-0.25, -0.2) is 9.67 Å². The lowest BCUT2D eigenvalue weighted by Gasteiger charge is -2.08. The number of nitrogens with two attached hydrogens (primary N) is 1. The molecule has 0 spiro atoms. The van der Waals surface area contributed by atoms with E-state index in [1.807, 2.05) is 0 Å². The van der Waals surface area contributed by atoms with Crippen LogP contribution in [-0.4, -0.2) is 43.6 Å². The Bertz CT molecular complexity index is 392. The molecule has 0 aliphatic heterocycles. The Hall–Kier alpha value is -1.47. The van der Waals surface area contributed by atoms with E-state index in [1.165, 1.54) is 11.0 Å². The first-order chi connectivity index (χ1) is 7.61. The second-order valence-corrected chi connectivity index (χ2v) is 4.05. The van der Waals surface area contributed by atoms with Crippen molar-refractivity contribution < 1.29 is 15.0 Å². The van der Waals surface area contributed by atoms with E-state index in [-0.39, 0.29) is 24.4 Å². The van der Waals surface area contributed by atoms with Gasteiger partial charge in [0.2, 0.25) is 5.82 Å². The summed E-state index contributed by atoms with van der Waals surface area (Å²) in [6.45, 7) is -0.0466. The number of hydrogen-bond donors (Lipinski definition) is 3. The van der Waals surface area contributed by atoms with Gasteiger partial charge in [-0.15, -0.1) is 5.10 Å². The van der Waals surface area contributed by atoms with Gasteiger partial charge in [-0.2, -0.15) is 0 Å². The summed E-state index contributed by atoms with van der Waals surface area (Å²) in [5.41, 5.74) is 5.04. The maximum atomic E-state index is 10.8. The average Bonchev–Trinajstić information content (AvgIpc) is 2.83. The summed E-state index contributed by atoms with van der Waals surface area (Å²) in [6, 6.07) is -0.0345. The molecule has 0 saturated heterocycles. The van der Waals surface area contributed by atoms with Crippen molar-refractivity contribution in [2.24, 2.45) is 11.7 Å². The van der Waals surface area contributed by atoms with Crippen molar-refractivity contribution in [3.8, 4) is 0 Å². The molecule has 7 nitrogen and oxygen atoms in total. The number of hydrogen-bond acceptors (Lipinski definition) is 5. The van der Waals surface area contributed by atoms with Gasteiger partial charge in [0.05, 0.1) is 12.1 Å². The van der Waals surface area contributed by atoms with Gasteiger partial charge in [0.25, 0.3) is 5.91 Å². The maximum Gasteiger partial charge on any atom is 0.288 e. The molecule has 1 heterocycles. The Morgan fingerprint density at radius 1 is 1.62 bits per heavy atom. The van der Waals surface area contributed by atoms with E-state index < -0.39 is 12.0 Å². The Balaban J connectivity index is 2.11. The predicted molar refractivity (Wildman–Crippen MR) is 53.4 cm³/mol. The third-order valence-electron chi connectivity index (χ3n) is 2.97. The molecule has 1 fully saturated rings. The molecule has 1 unspecified atom stereocenters. The van der Waals surface area contributed by atoms with E-state index in [0.29, 0.717) is 12.8 Å². The molecule has 1 aliphatic rings. The van der Waals surface area contributed by atoms with Crippen LogP contribution >= 0.6 is 0 Å². The Labute approximate surface area is 91.9 Å². The van der Waals surface area contributed by atoms with Crippen LogP contribution in [0, 0.1) is 5.92 Å². The van der Waals surface area contributed by atoms with E-state index in [4.69, 9.17) is 10.8 Å². The highest BCUT2D eigenvalue weighted by Crippen LogP contribution is 2.33. The lowest BCUT2D eigenvalue weighted by Crippen LogP contribution is -2.16. The monoisotopic (exact) mass is 226 g/mol. The minimum atomic E-state index is -0.670. The van der Waals surface area contributed by atoms with Crippen LogP contribution < -0.4 is 5.73 Å². The largest absolute Gasteiger partial charge is 0.396 e. The third-order valence-corrected chi connectivity index (χ3v) is 2.97. The number of nitrogens with zero attached hydrogens (tertiary/aromatic N) is 3. The number of rotatable bonds is 3. The molecule has 1 aromatic rings. The van der Waals surface area contributed by atoms with Gasteiger partial charge in [-0.05, 0) is 12.8 Å². The quantitative estimate of drug-likeness (QED) is 0.591. The van der Waals surface area contributed by atoms with Crippen LogP contribution in [0.15, 0.2) is 6.33 Å². The second-order valence-electron chi connectivity index (χ2n) is 4.05. The molecule has 4 N–H and O–H groups in total. The summed E-state index contributed by atoms with van der Waals surface area (Å²) < 4.78 is 1.53. The van der Waals surface area contributed by atoms with E-state index in [1.54, 1.807) is 0 Å². The Morgan fingerprint density at radius 2 is 2.38 bits per heavy atom. The first-order valence-corrected chi connectivity index (χ1v) is 5.11. The minimum absolute atomic E-state index is 0.0260. The highest BCUT2D eigenvalue weighted by Gasteiger charge is 2.34. The fraction of sp³-hybridized carbons (Fsp3) is 0.667. The van der Waals surface area contributed by atoms with E-state index in [0.717, 1.165) is 0 Å². The lowest BCUT2D eigenvalue weighted by molar-refractivity contribution is 0.0906. The van der Waals surface area contributed by atoms with E-state index >= 15 is 0 Å². The zero-order valence-electron chi connectivity index (χ0n) is 8.65. The summed E-state index contributed by atoms with van der Waals surface area (Å²) in [5, 5.41) is 22.6. The molecule has 1 aliphatic carbocycles. The summed E-state index contributed by atoms with van der Waals surface area (Å²) in [6.07, 6.45) is 2.03. The molecule has 0 radical (unpaired) electrons. The highest BCUT2D eigenvalue weighted by atomic mass is 16.3. The smallest absolute Gasteiger partial charge is 0.288 e. The topological polar surface area (TPSA) is 114 Å². The molecule has 88 valence electrons. The molecule has 7 heteroatoms. The highest BCUT2D eigenvalue weighted by molar-refractivity contribution is 5.88. The molecule has 3 atom stereocenters. The van der Waals surface area contributed by atoms with Gasteiger partial charge < -0.3 is 15.9 Å². The van der Waals surface area contributed by atoms with Crippen LogP contribution in [0.1, 0.15) is 29.5 Å². The molecular weight excluding hydrogens is 212 g/mol. The molecule has 0 aromatic carbocycles. The van der Waals surface area contributed by atoms with Crippen molar-refractivity contribution in [3.63, 3.8) is 0 Å². The molecular formula is C9H14N4O3. The van der Waals surface area contributed by atoms with Gasteiger partial charge in [0.15, 0.2) is 0 Å². The van der Waals surface area contributed by atoms with Gasteiger partial charge in [-0.3, -0.25) is 4.79 Å². The van der Waals surface area contributed by atoms with Crippen LogP contribution in [0.3, 0.4) is 0 Å². The van der Waals surface area contributed by atoms with Crippen LogP contribution in [0.25, 0.3) is 0 Å². The zero-order chi connectivity index (χ0) is 11.7. The third kappa shape index (κ3) is 1.91. The standard InChI is InChI=1S/C9H14N4O3/c10-8(16)9-11-4-13(12-9)6-1-5(3-14)7(15)2-6/h4-7,14-15H,1-3H2,(H2,10,16)/t5-,6-,7?/m1/s1. The van der Waals surface area contributed by atoms with E-state index in [9.17, 15) is 9.90 Å². The summed E-state index contributed by atoms with van der Waals surface area (Å²) in [7, 11) is 0. The van der Waals surface area contributed by atoms with Gasteiger partial charge >= 0.3 is 0 Å². The Kier molecular flexibility index (Phi) is 2.88. The van der Waals surface area contributed by atoms with Crippen molar-refractivity contribution in [1.29, 1.82) is 0 Å². The fourth-order valence-corrected chi connectivity index (χ4v) is 2.05. The average molecular weight is 226 g/mol. The van der Waals surface area contributed by atoms with Crippen LogP contribution in [-0.2, 0) is 0 Å². The maximum absolute atomic E-state index is 10.8. The minimum Gasteiger partial charge on any atom is -0.396 e. The number of amides is 1. The molecule has 2 rings (SSSR count). The summed E-state index contributed by atoms with van der Waals surface area (Å²) in [4.78, 5) is 14.6. The summed E-state index contributed by atoms with van der Waals surface area (Å²) >= 11 is 0. The van der Waals surface area contributed by atoms with Crippen LogP contribution in [0.5, 0.6) is 0 Å². The number of aliphatic hydroxyl groups is 2. The first-order valence-electron chi connectivity index (χ1n) is 5.11. The van der Waals surface area contributed by atoms with Crippen molar-refractivity contribution in [3.05, 3.63) is 12.2 Å². The van der Waals surface area contributed by atoms with Gasteiger partial charge in [0, 0.05) is 12.5 Å². The number of carbonyl (C=O) groups is 1. The number of carbonyl (C=O) groups excluding carboxylic acids is 1. The van der Waals surface area contributed by atoms with Crippen molar-refractivity contribution >= 4 is 5.91 Å². The molecule has 0 bridgehead atoms. The molecule has 16 heavy (non-hydrogen) atoms. The zero-order valence-corrected chi connectivity index (χ0v) is 8.65. The van der Waals surface area contributed by atoms with Crippen molar-refractivity contribution in [1.82, 2.24) is 14.8 Å². The SMILES string of the molecule is NC(=O)c1ncn([C@H]2CC(O)[C@@H](CO)C2)n1. The summed E-state index contributed by atoms with van der Waals surface area (Å²) in [5.74, 6) is -0.829. The van der Waals surface area contributed by atoms with Gasteiger partial charge in [-0.1, -0.05) is 0 Å². The number of aromatic nitrogens is 3. The predicted octanol–water partition coefficient (Wildman–Crippen LogP) is -1.32. The van der Waals surface area contributed by atoms with Crippen molar-refractivity contribution in [2.75, 3.05) is 6.61 Å². The second kappa shape index (κ2) is 4.18. The van der Waals surface area contributed by atoms with Gasteiger partial charge in [0.1, 0.15) is 6.33 Å². The molecule has 1 amide bonds. The normalized spacial score (nSPS) is 29.5. The van der Waals surface area contributed by atoms with Crippen LogP contribution in [0.2, 0.25) is 0 Å². The number of primary amides is 1. The lowest BCUT2D eigenvalue weighted by atomic mass is 10.1. The van der Waals surface area contributed by atoms with Crippen LogP contribution in [0.4, 0.5) is 0 Å². The fourth-order valence-electron chi connectivity index (χ4n) is 2.05. The molecule has 1 aromatic heterocycles. The number of aliphatic hydroxyl groups excluding tert-OH is 2. The van der Waals surface area contributed by atoms with Crippen molar-refractivity contribution in [2.45, 2.75) is 25.0 Å².